The number of hydrogen-bond donors (Lipinski definition) is 0. The molecule has 4 nitrogen and oxygen atoms in total. The Balaban J connectivity index is 2.04. The topological polar surface area (TPSA) is 46.6 Å². The van der Waals surface area contributed by atoms with Gasteiger partial charge in [0.1, 0.15) is 5.82 Å². The molecule has 0 saturated carbocycles. The summed E-state index contributed by atoms with van der Waals surface area (Å²) in [6, 6.07) is 5.96. The molecule has 5 heteroatoms. The summed E-state index contributed by atoms with van der Waals surface area (Å²) < 4.78 is 18.9. The third-order valence-electron chi connectivity index (χ3n) is 4.37. The Kier molecular flexibility index (Phi) is 7.64. The Morgan fingerprint density at radius 3 is 2.68 bits per heavy atom. The molecule has 0 radical (unpaired) electrons. The van der Waals surface area contributed by atoms with Gasteiger partial charge in [0.15, 0.2) is 0 Å². The molecule has 1 aromatic carbocycles. The summed E-state index contributed by atoms with van der Waals surface area (Å²) in [6.07, 6.45) is 7.65. The number of benzene rings is 1. The maximum absolute atomic E-state index is 14.0. The molecule has 2 rings (SSSR count). The molecule has 136 valence electrons. The van der Waals surface area contributed by atoms with Crippen LogP contribution in [0.15, 0.2) is 35.9 Å². The fourth-order valence-corrected chi connectivity index (χ4v) is 2.99. The number of halogens is 1. The van der Waals surface area contributed by atoms with Crippen molar-refractivity contribution in [2.24, 2.45) is 0 Å². The maximum Gasteiger partial charge on any atom is 0.307 e. The van der Waals surface area contributed by atoms with Crippen LogP contribution in [0.5, 0.6) is 0 Å². The molecule has 1 aliphatic rings. The van der Waals surface area contributed by atoms with Crippen LogP contribution < -0.4 is 0 Å². The van der Waals surface area contributed by atoms with Crippen LogP contribution in [-0.4, -0.2) is 36.5 Å². The van der Waals surface area contributed by atoms with Crippen molar-refractivity contribution in [1.82, 2.24) is 4.90 Å². The SMILES string of the molecule is CCOC(=O)CCN(CCC1=CCCCC1)C(=O)c1ccccc1F. The molecule has 25 heavy (non-hydrogen) atoms. The van der Waals surface area contributed by atoms with Crippen molar-refractivity contribution in [1.29, 1.82) is 0 Å². The second-order valence-corrected chi connectivity index (χ2v) is 6.19. The Labute approximate surface area is 148 Å². The number of nitrogens with zero attached hydrogens (tertiary/aromatic N) is 1. The number of rotatable bonds is 8. The summed E-state index contributed by atoms with van der Waals surface area (Å²) in [5.74, 6) is -1.25. The van der Waals surface area contributed by atoms with E-state index in [-0.39, 0.29) is 30.4 Å². The molecule has 0 aromatic heterocycles. The summed E-state index contributed by atoms with van der Waals surface area (Å²) in [6.45, 7) is 2.78. The van der Waals surface area contributed by atoms with E-state index in [2.05, 4.69) is 6.08 Å². The lowest BCUT2D eigenvalue weighted by molar-refractivity contribution is -0.143. The van der Waals surface area contributed by atoms with Crippen LogP contribution in [0, 0.1) is 5.82 Å². The minimum absolute atomic E-state index is 0.0454. The quantitative estimate of drug-likeness (QED) is 0.525. The molecule has 0 saturated heterocycles. The van der Waals surface area contributed by atoms with Crippen molar-refractivity contribution in [3.05, 3.63) is 47.3 Å². The maximum atomic E-state index is 14.0. The Morgan fingerprint density at radius 2 is 2.00 bits per heavy atom. The zero-order chi connectivity index (χ0) is 18.1. The van der Waals surface area contributed by atoms with Crippen LogP contribution in [0.25, 0.3) is 0 Å². The number of hydrogen-bond acceptors (Lipinski definition) is 3. The van der Waals surface area contributed by atoms with Crippen molar-refractivity contribution in [3.63, 3.8) is 0 Å². The highest BCUT2D eigenvalue weighted by Gasteiger charge is 2.20. The number of ether oxygens (including phenoxy) is 1. The molecule has 1 aromatic rings. The van der Waals surface area contributed by atoms with Crippen molar-refractivity contribution < 1.29 is 18.7 Å². The van der Waals surface area contributed by atoms with E-state index in [1.165, 1.54) is 30.5 Å². The van der Waals surface area contributed by atoms with Gasteiger partial charge in [-0.1, -0.05) is 23.8 Å². The molecule has 1 aliphatic carbocycles. The Bertz CT molecular complexity index is 627. The van der Waals surface area contributed by atoms with Crippen LogP contribution in [0.4, 0.5) is 4.39 Å². The fourth-order valence-electron chi connectivity index (χ4n) is 2.99. The first kappa shape index (κ1) is 19.2. The highest BCUT2D eigenvalue weighted by atomic mass is 19.1. The third-order valence-corrected chi connectivity index (χ3v) is 4.37. The normalized spacial score (nSPS) is 13.9. The summed E-state index contributed by atoms with van der Waals surface area (Å²) >= 11 is 0. The van der Waals surface area contributed by atoms with Gasteiger partial charge in [-0.2, -0.15) is 0 Å². The Morgan fingerprint density at radius 1 is 1.20 bits per heavy atom. The Hall–Kier alpha value is -2.17. The number of esters is 1. The molecular weight excluding hydrogens is 321 g/mol. The average molecular weight is 347 g/mol. The average Bonchev–Trinajstić information content (AvgIpc) is 2.63. The monoisotopic (exact) mass is 347 g/mol. The van der Waals surface area contributed by atoms with Gasteiger partial charge in [0.25, 0.3) is 5.91 Å². The molecule has 0 heterocycles. The summed E-state index contributed by atoms with van der Waals surface area (Å²) in [7, 11) is 0. The lowest BCUT2D eigenvalue weighted by Crippen LogP contribution is -2.35. The van der Waals surface area contributed by atoms with Crippen LogP contribution in [0.2, 0.25) is 0 Å². The van der Waals surface area contributed by atoms with E-state index in [0.717, 1.165) is 19.3 Å². The summed E-state index contributed by atoms with van der Waals surface area (Å²) in [5, 5.41) is 0. The summed E-state index contributed by atoms with van der Waals surface area (Å²) in [5.41, 5.74) is 1.39. The van der Waals surface area contributed by atoms with Crippen LogP contribution >= 0.6 is 0 Å². The molecule has 0 bridgehead atoms. The highest BCUT2D eigenvalue weighted by Crippen LogP contribution is 2.21. The van der Waals surface area contributed by atoms with Gasteiger partial charge in [-0.05, 0) is 51.2 Å². The lowest BCUT2D eigenvalue weighted by Gasteiger charge is -2.24. The largest absolute Gasteiger partial charge is 0.466 e. The first-order valence-corrected chi connectivity index (χ1v) is 8.99. The predicted octanol–water partition coefficient (Wildman–Crippen LogP) is 4.11. The van der Waals surface area contributed by atoms with Gasteiger partial charge in [-0.3, -0.25) is 9.59 Å². The van der Waals surface area contributed by atoms with Crippen molar-refractivity contribution in [2.45, 2.75) is 45.4 Å². The number of amides is 1. The van der Waals surface area contributed by atoms with E-state index in [1.54, 1.807) is 24.0 Å². The van der Waals surface area contributed by atoms with E-state index >= 15 is 0 Å². The van der Waals surface area contributed by atoms with Crippen LogP contribution in [0.3, 0.4) is 0 Å². The zero-order valence-electron chi connectivity index (χ0n) is 14.8. The van der Waals surface area contributed by atoms with E-state index in [4.69, 9.17) is 4.74 Å². The summed E-state index contributed by atoms with van der Waals surface area (Å²) in [4.78, 5) is 25.9. The molecule has 0 spiro atoms. The second-order valence-electron chi connectivity index (χ2n) is 6.19. The molecule has 0 atom stereocenters. The van der Waals surface area contributed by atoms with E-state index < -0.39 is 5.82 Å². The van der Waals surface area contributed by atoms with Crippen LogP contribution in [0.1, 0.15) is 55.8 Å². The molecular formula is C20H26FNO3. The predicted molar refractivity (Wildman–Crippen MR) is 94.7 cm³/mol. The van der Waals surface area contributed by atoms with Gasteiger partial charge >= 0.3 is 5.97 Å². The van der Waals surface area contributed by atoms with Crippen molar-refractivity contribution in [3.8, 4) is 0 Å². The number of carbonyl (C=O) groups excluding carboxylic acids is 2. The number of carbonyl (C=O) groups is 2. The van der Waals surface area contributed by atoms with E-state index in [9.17, 15) is 14.0 Å². The van der Waals surface area contributed by atoms with E-state index in [0.29, 0.717) is 13.2 Å². The van der Waals surface area contributed by atoms with Crippen molar-refractivity contribution in [2.75, 3.05) is 19.7 Å². The molecule has 1 amide bonds. The molecule has 0 unspecified atom stereocenters. The highest BCUT2D eigenvalue weighted by molar-refractivity contribution is 5.94. The third kappa shape index (κ3) is 6.00. The first-order chi connectivity index (χ1) is 12.1. The van der Waals surface area contributed by atoms with Gasteiger partial charge < -0.3 is 9.64 Å². The fraction of sp³-hybridized carbons (Fsp3) is 0.500. The minimum atomic E-state index is -0.537. The standard InChI is InChI=1S/C20H26FNO3/c1-2-25-19(23)13-15-22(14-12-16-8-4-3-5-9-16)20(24)17-10-6-7-11-18(17)21/h6-8,10-11H,2-5,9,12-15H2,1H3. The second kappa shape index (κ2) is 9.97. The van der Waals surface area contributed by atoms with Gasteiger partial charge in [-0.15, -0.1) is 0 Å². The van der Waals surface area contributed by atoms with Crippen molar-refractivity contribution >= 4 is 11.9 Å². The number of allylic oxidation sites excluding steroid dienone is 1. The molecule has 0 aliphatic heterocycles. The zero-order valence-corrected chi connectivity index (χ0v) is 14.8. The van der Waals surface area contributed by atoms with Crippen LogP contribution in [-0.2, 0) is 9.53 Å². The smallest absolute Gasteiger partial charge is 0.307 e. The van der Waals surface area contributed by atoms with Gasteiger partial charge in [0.05, 0.1) is 18.6 Å². The van der Waals surface area contributed by atoms with Gasteiger partial charge in [-0.25, -0.2) is 4.39 Å². The minimum Gasteiger partial charge on any atom is -0.466 e. The molecule has 0 fully saturated rings. The van der Waals surface area contributed by atoms with Gasteiger partial charge in [0, 0.05) is 13.1 Å². The first-order valence-electron chi connectivity index (χ1n) is 8.99. The molecule has 0 N–H and O–H groups in total. The van der Waals surface area contributed by atoms with E-state index in [1.807, 2.05) is 0 Å². The lowest BCUT2D eigenvalue weighted by atomic mass is 9.97. The van der Waals surface area contributed by atoms with Gasteiger partial charge in [0.2, 0.25) is 0 Å².